The highest BCUT2D eigenvalue weighted by Crippen LogP contribution is 2.45. The molecule has 0 radical (unpaired) electrons. The Kier molecular flexibility index (Phi) is 5.95. The topological polar surface area (TPSA) is 101 Å². The third-order valence-electron chi connectivity index (χ3n) is 6.26. The van der Waals surface area contributed by atoms with E-state index in [1.165, 1.54) is 0 Å². The molecule has 0 amide bonds. The van der Waals surface area contributed by atoms with Crippen LogP contribution in [-0.2, 0) is 11.8 Å². The van der Waals surface area contributed by atoms with Gasteiger partial charge in [0.15, 0.2) is 5.69 Å². The third kappa shape index (κ3) is 4.34. The number of rotatable bonds is 0. The highest BCUT2D eigenvalue weighted by atomic mass is 19.4. The molecule has 1 saturated heterocycles. The molecular weight excluding hydrogens is 456 g/mol. The van der Waals surface area contributed by atoms with Crippen molar-refractivity contribution in [1.82, 2.24) is 15.2 Å². The summed E-state index contributed by atoms with van der Waals surface area (Å²) >= 11 is 0. The van der Waals surface area contributed by atoms with Gasteiger partial charge < -0.3 is 20.2 Å². The van der Waals surface area contributed by atoms with E-state index in [1.807, 2.05) is 0 Å². The normalized spacial score (nSPS) is 24.8. The molecule has 3 N–H and O–H groups in total. The number of nitrogens with two attached hydrogens (primary N) is 1. The van der Waals surface area contributed by atoms with E-state index in [4.69, 9.17) is 10.2 Å². The van der Waals surface area contributed by atoms with Crippen molar-refractivity contribution in [2.24, 2.45) is 0 Å². The lowest BCUT2D eigenvalue weighted by molar-refractivity contribution is -0.277. The van der Waals surface area contributed by atoms with Gasteiger partial charge in [-0.2, -0.15) is 26.3 Å². The molecule has 4 heterocycles. The molecule has 2 unspecified atom stereocenters. The molecule has 33 heavy (non-hydrogen) atoms. The molecule has 2 aliphatic rings. The van der Waals surface area contributed by atoms with E-state index in [-0.39, 0.29) is 24.0 Å². The van der Waals surface area contributed by atoms with Gasteiger partial charge in [-0.1, -0.05) is 19.3 Å². The number of halogens is 6. The second-order valence-electron chi connectivity index (χ2n) is 8.51. The van der Waals surface area contributed by atoms with E-state index in [2.05, 4.69) is 15.2 Å². The number of hydrogen-bond donors (Lipinski definition) is 2. The summed E-state index contributed by atoms with van der Waals surface area (Å²) < 4.78 is 87.7. The van der Waals surface area contributed by atoms with E-state index < -0.39 is 47.4 Å². The summed E-state index contributed by atoms with van der Waals surface area (Å²) in [5.74, 6) is -2.05. The molecule has 1 fully saturated rings. The molecule has 2 aromatic heterocycles. The molecule has 4 bridgehead atoms. The molecule has 0 aromatic carbocycles. The first-order valence-electron chi connectivity index (χ1n) is 10.7. The molecule has 0 spiro atoms. The summed E-state index contributed by atoms with van der Waals surface area (Å²) in [7, 11) is 0. The molecule has 2 atom stereocenters. The first kappa shape index (κ1) is 23.6. The van der Waals surface area contributed by atoms with E-state index in [0.717, 1.165) is 0 Å². The Balaban J connectivity index is 1.88. The van der Waals surface area contributed by atoms with Crippen molar-refractivity contribution in [3.8, 4) is 11.6 Å². The first-order valence-corrected chi connectivity index (χ1v) is 10.7. The molecule has 0 saturated carbocycles. The maximum absolute atomic E-state index is 13.8. The Morgan fingerprint density at radius 1 is 1.03 bits per heavy atom. The van der Waals surface area contributed by atoms with Crippen LogP contribution in [0.5, 0.6) is 0 Å². The van der Waals surface area contributed by atoms with Crippen LogP contribution in [0.15, 0.2) is 10.5 Å². The lowest BCUT2D eigenvalue weighted by Crippen LogP contribution is -2.42. The summed E-state index contributed by atoms with van der Waals surface area (Å²) in [6, 6.07) is 0.496. The number of fused-ring (bicyclic) bond motifs is 7. The standard InChI is InChI=1S/C20H23F6N5O2/c21-19(22,23)12-10-13(27)14-16-29-30-17(33-16)18(32,20(24,25)26)8-4-2-1-3-6-11-7-5-9-31(11)15(12)28-14/h10-11,32H,1-9,27H2. The quantitative estimate of drug-likeness (QED) is 0.523. The van der Waals surface area contributed by atoms with E-state index in [9.17, 15) is 31.4 Å². The number of aliphatic hydroxyl groups is 1. The van der Waals surface area contributed by atoms with Crippen LogP contribution in [0.4, 0.5) is 37.8 Å². The zero-order valence-electron chi connectivity index (χ0n) is 17.5. The number of anilines is 2. The molecule has 7 nitrogen and oxygen atoms in total. The number of pyridine rings is 1. The summed E-state index contributed by atoms with van der Waals surface area (Å²) in [5, 5.41) is 17.3. The zero-order chi connectivity index (χ0) is 24.0. The highest BCUT2D eigenvalue weighted by Gasteiger charge is 2.58. The number of alkyl halides is 6. The average molecular weight is 479 g/mol. The number of nitrogens with zero attached hydrogens (tertiary/aromatic N) is 4. The minimum Gasteiger partial charge on any atom is -0.416 e. The molecule has 2 aliphatic heterocycles. The van der Waals surface area contributed by atoms with Gasteiger partial charge in [0.25, 0.3) is 11.8 Å². The molecular formula is C20H23F6N5O2. The Labute approximate surface area is 185 Å². The second-order valence-corrected chi connectivity index (χ2v) is 8.51. The van der Waals surface area contributed by atoms with Crippen LogP contribution in [-0.4, -0.2) is 39.1 Å². The lowest BCUT2D eigenvalue weighted by Gasteiger charge is -2.29. The van der Waals surface area contributed by atoms with E-state index in [1.54, 1.807) is 4.90 Å². The van der Waals surface area contributed by atoms with Crippen molar-refractivity contribution in [3.05, 3.63) is 17.5 Å². The van der Waals surface area contributed by atoms with Gasteiger partial charge in [-0.15, -0.1) is 10.2 Å². The van der Waals surface area contributed by atoms with Crippen LogP contribution in [0.2, 0.25) is 0 Å². The maximum atomic E-state index is 13.8. The van der Waals surface area contributed by atoms with Crippen LogP contribution in [0.25, 0.3) is 11.6 Å². The smallest absolute Gasteiger partial charge is 0.416 e. The molecule has 13 heteroatoms. The summed E-state index contributed by atoms with van der Waals surface area (Å²) in [4.78, 5) is 5.65. The summed E-state index contributed by atoms with van der Waals surface area (Å²) in [6.45, 7) is 0.354. The van der Waals surface area contributed by atoms with Crippen molar-refractivity contribution >= 4 is 11.5 Å². The Morgan fingerprint density at radius 3 is 2.42 bits per heavy atom. The largest absolute Gasteiger partial charge is 0.426 e. The van der Waals surface area contributed by atoms with Crippen molar-refractivity contribution in [2.45, 2.75) is 75.4 Å². The predicted molar refractivity (Wildman–Crippen MR) is 105 cm³/mol. The number of aromatic nitrogens is 3. The SMILES string of the molecule is Nc1cc(C(F)(F)F)c2nc1-c1nnc(o1)C(O)(C(F)(F)F)CCCCCCC1CCCN21. The average Bonchev–Trinajstić information content (AvgIpc) is 3.38. The van der Waals surface area contributed by atoms with Gasteiger partial charge in [-0.25, -0.2) is 4.98 Å². The number of nitrogen functional groups attached to an aromatic ring is 1. The minimum atomic E-state index is -5.10. The van der Waals surface area contributed by atoms with Crippen molar-refractivity contribution < 1.29 is 35.9 Å². The molecule has 4 rings (SSSR count). The van der Waals surface area contributed by atoms with Gasteiger partial charge >= 0.3 is 12.4 Å². The lowest BCUT2D eigenvalue weighted by atomic mass is 9.94. The van der Waals surface area contributed by atoms with Crippen molar-refractivity contribution in [2.75, 3.05) is 17.2 Å². The fraction of sp³-hybridized carbons (Fsp3) is 0.650. The van der Waals surface area contributed by atoms with Gasteiger partial charge in [-0.3, -0.25) is 0 Å². The van der Waals surface area contributed by atoms with E-state index >= 15 is 0 Å². The maximum Gasteiger partial charge on any atom is 0.426 e. The van der Waals surface area contributed by atoms with Crippen LogP contribution in [0.1, 0.15) is 62.8 Å². The molecule has 2 aromatic rings. The minimum absolute atomic E-state index is 0.0501. The Bertz CT molecular complexity index is 1010. The monoisotopic (exact) mass is 479 g/mol. The van der Waals surface area contributed by atoms with Crippen molar-refractivity contribution in [3.63, 3.8) is 0 Å². The third-order valence-corrected chi connectivity index (χ3v) is 6.26. The fourth-order valence-corrected chi connectivity index (χ4v) is 4.50. The first-order chi connectivity index (χ1) is 15.4. The summed E-state index contributed by atoms with van der Waals surface area (Å²) in [6.07, 6.45) is -6.95. The highest BCUT2D eigenvalue weighted by molar-refractivity contribution is 5.71. The van der Waals surface area contributed by atoms with Crippen LogP contribution in [0.3, 0.4) is 0 Å². The summed E-state index contributed by atoms with van der Waals surface area (Å²) in [5.41, 5.74) is 0.533. The van der Waals surface area contributed by atoms with Gasteiger partial charge in [0.05, 0.1) is 5.69 Å². The Morgan fingerprint density at radius 2 is 1.73 bits per heavy atom. The van der Waals surface area contributed by atoms with Crippen LogP contribution in [0, 0.1) is 0 Å². The van der Waals surface area contributed by atoms with Gasteiger partial charge in [0, 0.05) is 12.6 Å². The Hall–Kier alpha value is -2.57. The van der Waals surface area contributed by atoms with E-state index in [0.29, 0.717) is 51.1 Å². The molecule has 0 aliphatic carbocycles. The van der Waals surface area contributed by atoms with Crippen LogP contribution >= 0.6 is 0 Å². The molecule has 182 valence electrons. The van der Waals surface area contributed by atoms with Gasteiger partial charge in [0.1, 0.15) is 11.4 Å². The zero-order valence-corrected chi connectivity index (χ0v) is 17.5. The second kappa shape index (κ2) is 8.33. The number of hydrogen-bond acceptors (Lipinski definition) is 7. The van der Waals surface area contributed by atoms with Crippen LogP contribution < -0.4 is 10.6 Å². The van der Waals surface area contributed by atoms with Gasteiger partial charge in [-0.05, 0) is 38.2 Å². The predicted octanol–water partition coefficient (Wildman–Crippen LogP) is 4.81. The fourth-order valence-electron chi connectivity index (χ4n) is 4.50. The van der Waals surface area contributed by atoms with Gasteiger partial charge in [0.2, 0.25) is 5.60 Å². The van der Waals surface area contributed by atoms with Crippen molar-refractivity contribution in [1.29, 1.82) is 0 Å².